The molecule has 104 valence electrons. The molecule has 0 aliphatic carbocycles. The Labute approximate surface area is 123 Å². The van der Waals surface area contributed by atoms with Crippen LogP contribution in [-0.4, -0.2) is 23.7 Å². The number of hydrogen-bond donors (Lipinski definition) is 1. The van der Waals surface area contributed by atoms with Crippen LogP contribution in [0.15, 0.2) is 42.7 Å². The number of nitrogens with zero attached hydrogens (tertiary/aromatic N) is 1. The zero-order chi connectivity index (χ0) is 14.4. The fourth-order valence-electron chi connectivity index (χ4n) is 1.75. The summed E-state index contributed by atoms with van der Waals surface area (Å²) in [6.45, 7) is 0.563. The smallest absolute Gasteiger partial charge is 0.123 e. The van der Waals surface area contributed by atoms with Crippen molar-refractivity contribution in [2.75, 3.05) is 13.7 Å². The van der Waals surface area contributed by atoms with E-state index in [0.29, 0.717) is 23.1 Å². The van der Waals surface area contributed by atoms with Crippen molar-refractivity contribution in [3.63, 3.8) is 0 Å². The molecule has 0 bridgehead atoms. The minimum Gasteiger partial charge on any atom is -0.497 e. The van der Waals surface area contributed by atoms with Gasteiger partial charge in [-0.2, -0.15) is 0 Å². The van der Waals surface area contributed by atoms with Crippen LogP contribution in [0.2, 0.25) is 0 Å². The zero-order valence-electron chi connectivity index (χ0n) is 11.2. The van der Waals surface area contributed by atoms with E-state index in [4.69, 9.17) is 27.4 Å². The molecular weight excluding hydrogens is 272 g/mol. The van der Waals surface area contributed by atoms with Crippen LogP contribution in [0.1, 0.15) is 11.1 Å². The van der Waals surface area contributed by atoms with Gasteiger partial charge in [-0.05, 0) is 29.8 Å². The molecule has 4 nitrogen and oxygen atoms in total. The van der Waals surface area contributed by atoms with Crippen LogP contribution in [0.25, 0.3) is 0 Å². The van der Waals surface area contributed by atoms with Crippen LogP contribution in [0.5, 0.6) is 11.5 Å². The van der Waals surface area contributed by atoms with Crippen LogP contribution in [-0.2, 0) is 6.42 Å². The van der Waals surface area contributed by atoms with Crippen molar-refractivity contribution in [1.29, 1.82) is 0 Å². The largest absolute Gasteiger partial charge is 0.497 e. The topological polar surface area (TPSA) is 57.4 Å². The number of methoxy groups -OCH3 is 1. The first-order chi connectivity index (χ1) is 9.69. The average molecular weight is 288 g/mol. The minimum atomic E-state index is 0.322. The van der Waals surface area contributed by atoms with Crippen molar-refractivity contribution >= 4 is 17.2 Å². The van der Waals surface area contributed by atoms with E-state index in [9.17, 15) is 0 Å². The molecule has 1 aromatic carbocycles. The summed E-state index contributed by atoms with van der Waals surface area (Å²) in [5.41, 5.74) is 7.55. The van der Waals surface area contributed by atoms with Gasteiger partial charge in [0.25, 0.3) is 0 Å². The van der Waals surface area contributed by atoms with Crippen molar-refractivity contribution < 1.29 is 9.47 Å². The Hall–Kier alpha value is -2.14. The molecule has 1 aromatic heterocycles. The van der Waals surface area contributed by atoms with Crippen LogP contribution in [0, 0.1) is 0 Å². The molecule has 2 rings (SSSR count). The van der Waals surface area contributed by atoms with E-state index in [1.165, 1.54) is 5.56 Å². The highest BCUT2D eigenvalue weighted by Crippen LogP contribution is 2.23. The lowest BCUT2D eigenvalue weighted by atomic mass is 10.2. The molecule has 0 saturated heterocycles. The Balaban J connectivity index is 2.02. The van der Waals surface area contributed by atoms with Crippen molar-refractivity contribution in [2.24, 2.45) is 5.73 Å². The number of ether oxygens (including phenoxy) is 2. The summed E-state index contributed by atoms with van der Waals surface area (Å²) >= 11 is 4.98. The quantitative estimate of drug-likeness (QED) is 0.827. The second-order valence-corrected chi connectivity index (χ2v) is 4.66. The number of nitrogens with two attached hydrogens (primary N) is 1. The zero-order valence-corrected chi connectivity index (χ0v) is 12.0. The highest BCUT2D eigenvalue weighted by atomic mass is 32.1. The van der Waals surface area contributed by atoms with Gasteiger partial charge < -0.3 is 15.2 Å². The molecular formula is C15H16N2O2S. The molecule has 20 heavy (non-hydrogen) atoms. The number of aromatic nitrogens is 1. The van der Waals surface area contributed by atoms with Gasteiger partial charge >= 0.3 is 0 Å². The van der Waals surface area contributed by atoms with E-state index < -0.39 is 0 Å². The molecule has 0 saturated carbocycles. The summed E-state index contributed by atoms with van der Waals surface area (Å²) in [5, 5.41) is 0. The second kappa shape index (κ2) is 6.86. The molecule has 2 aromatic rings. The average Bonchev–Trinajstić information content (AvgIpc) is 2.48. The second-order valence-electron chi connectivity index (χ2n) is 4.22. The van der Waals surface area contributed by atoms with Gasteiger partial charge in [0.1, 0.15) is 16.5 Å². The third kappa shape index (κ3) is 3.93. The van der Waals surface area contributed by atoms with Gasteiger partial charge in [0, 0.05) is 30.4 Å². The van der Waals surface area contributed by atoms with E-state index >= 15 is 0 Å². The van der Waals surface area contributed by atoms with E-state index in [1.54, 1.807) is 25.6 Å². The molecule has 0 radical (unpaired) electrons. The van der Waals surface area contributed by atoms with Gasteiger partial charge in [-0.3, -0.25) is 4.98 Å². The Morgan fingerprint density at radius 3 is 2.55 bits per heavy atom. The lowest BCUT2D eigenvalue weighted by Crippen LogP contribution is -2.10. The maximum atomic E-state index is 5.73. The van der Waals surface area contributed by atoms with E-state index in [0.717, 1.165) is 12.0 Å². The predicted octanol–water partition coefficient (Wildman–Crippen LogP) is 2.35. The van der Waals surface area contributed by atoms with Crippen molar-refractivity contribution in [3.8, 4) is 11.5 Å². The SMILES string of the molecule is COc1cc(OCCc2ccncc2)cc(C(N)=S)c1. The van der Waals surface area contributed by atoms with Crippen molar-refractivity contribution in [1.82, 2.24) is 4.98 Å². The van der Waals surface area contributed by atoms with Gasteiger partial charge in [0.05, 0.1) is 13.7 Å². The Kier molecular flexibility index (Phi) is 4.90. The third-order valence-electron chi connectivity index (χ3n) is 2.81. The fraction of sp³-hybridized carbons (Fsp3) is 0.200. The first-order valence-electron chi connectivity index (χ1n) is 6.19. The Morgan fingerprint density at radius 1 is 1.20 bits per heavy atom. The normalized spacial score (nSPS) is 10.1. The van der Waals surface area contributed by atoms with Crippen LogP contribution in [0.3, 0.4) is 0 Å². The lowest BCUT2D eigenvalue weighted by molar-refractivity contribution is 0.319. The molecule has 2 N–H and O–H groups in total. The standard InChI is InChI=1S/C15H16N2O2S/c1-18-13-8-12(15(16)20)9-14(10-13)19-7-4-11-2-5-17-6-3-11/h2-3,5-6,8-10H,4,7H2,1H3,(H2,16,20). The highest BCUT2D eigenvalue weighted by Gasteiger charge is 2.04. The van der Waals surface area contributed by atoms with Crippen LogP contribution >= 0.6 is 12.2 Å². The molecule has 0 amide bonds. The third-order valence-corrected chi connectivity index (χ3v) is 3.04. The van der Waals surface area contributed by atoms with Crippen molar-refractivity contribution in [2.45, 2.75) is 6.42 Å². The lowest BCUT2D eigenvalue weighted by Gasteiger charge is -2.10. The summed E-state index contributed by atoms with van der Waals surface area (Å²) in [6.07, 6.45) is 4.35. The number of hydrogen-bond acceptors (Lipinski definition) is 4. The van der Waals surface area contributed by atoms with Gasteiger partial charge in [-0.1, -0.05) is 12.2 Å². The first-order valence-corrected chi connectivity index (χ1v) is 6.60. The maximum Gasteiger partial charge on any atom is 0.123 e. The molecule has 0 spiro atoms. The summed E-state index contributed by atoms with van der Waals surface area (Å²) in [4.78, 5) is 4.30. The minimum absolute atomic E-state index is 0.322. The van der Waals surface area contributed by atoms with Gasteiger partial charge in [-0.15, -0.1) is 0 Å². The number of thiocarbonyl (C=S) groups is 1. The van der Waals surface area contributed by atoms with E-state index in [1.807, 2.05) is 24.3 Å². The molecule has 0 aliphatic rings. The monoisotopic (exact) mass is 288 g/mol. The summed E-state index contributed by atoms with van der Waals surface area (Å²) in [7, 11) is 1.60. The Morgan fingerprint density at radius 2 is 1.90 bits per heavy atom. The molecule has 0 aliphatic heterocycles. The van der Waals surface area contributed by atoms with Gasteiger partial charge in [-0.25, -0.2) is 0 Å². The summed E-state index contributed by atoms with van der Waals surface area (Å²) in [6, 6.07) is 9.36. The number of pyridine rings is 1. The molecule has 5 heteroatoms. The number of rotatable bonds is 6. The molecule has 0 fully saturated rings. The van der Waals surface area contributed by atoms with Crippen LogP contribution < -0.4 is 15.2 Å². The maximum absolute atomic E-state index is 5.73. The first kappa shape index (κ1) is 14.3. The fourth-order valence-corrected chi connectivity index (χ4v) is 1.87. The van der Waals surface area contributed by atoms with E-state index in [-0.39, 0.29) is 0 Å². The highest BCUT2D eigenvalue weighted by molar-refractivity contribution is 7.80. The molecule has 0 atom stereocenters. The van der Waals surface area contributed by atoms with Crippen molar-refractivity contribution in [3.05, 3.63) is 53.9 Å². The van der Waals surface area contributed by atoms with Gasteiger partial charge in [0.15, 0.2) is 0 Å². The number of benzene rings is 1. The predicted molar refractivity (Wildman–Crippen MR) is 82.3 cm³/mol. The molecule has 1 heterocycles. The summed E-state index contributed by atoms with van der Waals surface area (Å²) < 4.78 is 10.9. The molecule has 0 unspecified atom stereocenters. The van der Waals surface area contributed by atoms with E-state index in [2.05, 4.69) is 4.98 Å². The van der Waals surface area contributed by atoms with Gasteiger partial charge in [0.2, 0.25) is 0 Å². The Bertz CT molecular complexity index is 588. The summed E-state index contributed by atoms with van der Waals surface area (Å²) in [5.74, 6) is 1.37. The van der Waals surface area contributed by atoms with Crippen LogP contribution in [0.4, 0.5) is 0 Å².